The Bertz CT molecular complexity index is 556. The van der Waals surface area contributed by atoms with Crippen molar-refractivity contribution in [1.82, 2.24) is 4.90 Å². The molecule has 2 nitrogen and oxygen atoms in total. The van der Waals surface area contributed by atoms with Crippen LogP contribution in [-0.2, 0) is 19.6 Å². The molecule has 2 aromatic rings. The molecule has 0 aliphatic heterocycles. The standard InChI is InChI=1S/C20H28N2S/c21-12-17-6-8-19(9-7-17)14-22(15-20-10-11-23-16-20)13-18-4-2-1-3-5-18/h6-11,16,18H,1-5,12-15,21H2. The van der Waals surface area contributed by atoms with Gasteiger partial charge in [0.15, 0.2) is 0 Å². The number of nitrogens with zero attached hydrogens (tertiary/aromatic N) is 1. The van der Waals surface area contributed by atoms with Gasteiger partial charge < -0.3 is 5.73 Å². The number of hydrogen-bond donors (Lipinski definition) is 1. The van der Waals surface area contributed by atoms with E-state index in [1.165, 1.54) is 55.3 Å². The van der Waals surface area contributed by atoms with Gasteiger partial charge in [0.25, 0.3) is 0 Å². The van der Waals surface area contributed by atoms with Crippen LogP contribution in [0.2, 0.25) is 0 Å². The predicted molar refractivity (Wildman–Crippen MR) is 99.3 cm³/mol. The molecule has 1 aliphatic carbocycles. The van der Waals surface area contributed by atoms with Gasteiger partial charge in [-0.25, -0.2) is 0 Å². The van der Waals surface area contributed by atoms with Crippen LogP contribution in [0.25, 0.3) is 0 Å². The maximum atomic E-state index is 5.71. The van der Waals surface area contributed by atoms with E-state index in [2.05, 4.69) is 46.0 Å². The molecule has 0 spiro atoms. The average molecular weight is 329 g/mol. The molecule has 3 heteroatoms. The third kappa shape index (κ3) is 5.17. The molecule has 0 atom stereocenters. The lowest BCUT2D eigenvalue weighted by Gasteiger charge is -2.29. The summed E-state index contributed by atoms with van der Waals surface area (Å²) in [6.07, 6.45) is 7.09. The summed E-state index contributed by atoms with van der Waals surface area (Å²) in [6.45, 7) is 3.96. The number of nitrogens with two attached hydrogens (primary N) is 1. The summed E-state index contributed by atoms with van der Waals surface area (Å²) in [4.78, 5) is 2.63. The molecule has 1 aromatic carbocycles. The van der Waals surface area contributed by atoms with Crippen molar-refractivity contribution in [3.05, 3.63) is 57.8 Å². The summed E-state index contributed by atoms with van der Waals surface area (Å²) in [5.41, 5.74) is 9.76. The lowest BCUT2D eigenvalue weighted by atomic mass is 9.89. The largest absolute Gasteiger partial charge is 0.326 e. The van der Waals surface area contributed by atoms with Crippen LogP contribution < -0.4 is 5.73 Å². The fraction of sp³-hybridized carbons (Fsp3) is 0.500. The van der Waals surface area contributed by atoms with Gasteiger partial charge in [-0.1, -0.05) is 43.5 Å². The monoisotopic (exact) mass is 328 g/mol. The lowest BCUT2D eigenvalue weighted by Crippen LogP contribution is -2.29. The predicted octanol–water partition coefficient (Wildman–Crippen LogP) is 4.79. The van der Waals surface area contributed by atoms with E-state index in [0.29, 0.717) is 6.54 Å². The first-order valence-corrected chi connectivity index (χ1v) is 9.79. The van der Waals surface area contributed by atoms with E-state index in [-0.39, 0.29) is 0 Å². The molecule has 0 amide bonds. The van der Waals surface area contributed by atoms with Crippen LogP contribution in [0.3, 0.4) is 0 Å². The van der Waals surface area contributed by atoms with Crippen molar-refractivity contribution >= 4 is 11.3 Å². The van der Waals surface area contributed by atoms with E-state index in [9.17, 15) is 0 Å². The summed E-state index contributed by atoms with van der Waals surface area (Å²) < 4.78 is 0. The van der Waals surface area contributed by atoms with E-state index in [4.69, 9.17) is 5.73 Å². The smallest absolute Gasteiger partial charge is 0.0245 e. The molecule has 124 valence electrons. The minimum absolute atomic E-state index is 0.626. The normalized spacial score (nSPS) is 16.1. The van der Waals surface area contributed by atoms with E-state index < -0.39 is 0 Å². The summed E-state index contributed by atoms with van der Waals surface area (Å²) >= 11 is 1.80. The second kappa shape index (κ2) is 8.62. The van der Waals surface area contributed by atoms with Gasteiger partial charge in [-0.05, 0) is 52.3 Å². The summed E-state index contributed by atoms with van der Waals surface area (Å²) in [5, 5.41) is 4.47. The highest BCUT2D eigenvalue weighted by molar-refractivity contribution is 7.07. The van der Waals surface area contributed by atoms with Crippen LogP contribution >= 0.6 is 11.3 Å². The second-order valence-electron chi connectivity index (χ2n) is 6.83. The van der Waals surface area contributed by atoms with Crippen LogP contribution in [0.15, 0.2) is 41.1 Å². The van der Waals surface area contributed by atoms with Crippen molar-refractivity contribution in [2.24, 2.45) is 11.7 Å². The third-order valence-corrected chi connectivity index (χ3v) is 5.62. The molecule has 23 heavy (non-hydrogen) atoms. The van der Waals surface area contributed by atoms with Gasteiger partial charge >= 0.3 is 0 Å². The number of rotatable bonds is 7. The zero-order valence-electron chi connectivity index (χ0n) is 13.9. The van der Waals surface area contributed by atoms with Crippen LogP contribution in [0.1, 0.15) is 48.8 Å². The zero-order valence-corrected chi connectivity index (χ0v) is 14.7. The highest BCUT2D eigenvalue weighted by atomic mass is 32.1. The molecule has 0 unspecified atom stereocenters. The highest BCUT2D eigenvalue weighted by Crippen LogP contribution is 2.26. The van der Waals surface area contributed by atoms with Crippen LogP contribution in [0.5, 0.6) is 0 Å². The highest BCUT2D eigenvalue weighted by Gasteiger charge is 2.18. The first kappa shape index (κ1) is 16.7. The van der Waals surface area contributed by atoms with Gasteiger partial charge in [0.05, 0.1) is 0 Å². The van der Waals surface area contributed by atoms with E-state index in [0.717, 1.165) is 19.0 Å². The second-order valence-corrected chi connectivity index (χ2v) is 7.61. The number of hydrogen-bond acceptors (Lipinski definition) is 3. The minimum Gasteiger partial charge on any atom is -0.326 e. The zero-order chi connectivity index (χ0) is 15.9. The van der Waals surface area contributed by atoms with Crippen molar-refractivity contribution in [2.75, 3.05) is 6.54 Å². The van der Waals surface area contributed by atoms with Gasteiger partial charge in [-0.15, -0.1) is 0 Å². The van der Waals surface area contributed by atoms with Crippen molar-refractivity contribution < 1.29 is 0 Å². The maximum absolute atomic E-state index is 5.71. The number of thiophene rings is 1. The van der Waals surface area contributed by atoms with Gasteiger partial charge in [0.1, 0.15) is 0 Å². The van der Waals surface area contributed by atoms with Gasteiger partial charge in [-0.3, -0.25) is 4.90 Å². The van der Waals surface area contributed by atoms with Crippen molar-refractivity contribution in [2.45, 2.75) is 51.7 Å². The van der Waals surface area contributed by atoms with E-state index >= 15 is 0 Å². The Morgan fingerprint density at radius 1 is 0.913 bits per heavy atom. The molecular formula is C20H28N2S. The van der Waals surface area contributed by atoms with Gasteiger partial charge in [0.2, 0.25) is 0 Å². The van der Waals surface area contributed by atoms with E-state index in [1.807, 2.05) is 0 Å². The summed E-state index contributed by atoms with van der Waals surface area (Å²) in [6, 6.07) is 11.1. The lowest BCUT2D eigenvalue weighted by molar-refractivity contribution is 0.187. The fourth-order valence-corrected chi connectivity index (χ4v) is 4.26. The Morgan fingerprint density at radius 3 is 2.26 bits per heavy atom. The maximum Gasteiger partial charge on any atom is 0.0245 e. The van der Waals surface area contributed by atoms with Crippen LogP contribution in [0.4, 0.5) is 0 Å². The Labute approximate surface area is 144 Å². The molecule has 0 bridgehead atoms. The SMILES string of the molecule is NCc1ccc(CN(Cc2ccsc2)CC2CCCCC2)cc1. The number of benzene rings is 1. The Balaban J connectivity index is 1.65. The molecule has 1 saturated carbocycles. The van der Waals surface area contributed by atoms with Gasteiger partial charge in [-0.2, -0.15) is 11.3 Å². The van der Waals surface area contributed by atoms with Crippen molar-refractivity contribution in [3.8, 4) is 0 Å². The Morgan fingerprint density at radius 2 is 1.61 bits per heavy atom. The molecule has 0 saturated heterocycles. The van der Waals surface area contributed by atoms with Crippen molar-refractivity contribution in [1.29, 1.82) is 0 Å². The minimum atomic E-state index is 0.626. The van der Waals surface area contributed by atoms with Crippen molar-refractivity contribution in [3.63, 3.8) is 0 Å². The molecule has 1 aliphatic rings. The summed E-state index contributed by atoms with van der Waals surface area (Å²) in [7, 11) is 0. The van der Waals surface area contributed by atoms with E-state index in [1.54, 1.807) is 11.3 Å². The van der Waals surface area contributed by atoms with Crippen LogP contribution in [-0.4, -0.2) is 11.4 Å². The molecule has 2 N–H and O–H groups in total. The molecule has 1 aromatic heterocycles. The summed E-state index contributed by atoms with van der Waals surface area (Å²) in [5.74, 6) is 0.880. The first-order valence-electron chi connectivity index (χ1n) is 8.85. The molecule has 0 radical (unpaired) electrons. The quantitative estimate of drug-likeness (QED) is 0.792. The average Bonchev–Trinajstić information content (AvgIpc) is 3.09. The van der Waals surface area contributed by atoms with Crippen LogP contribution in [0, 0.1) is 5.92 Å². The Kier molecular flexibility index (Phi) is 6.26. The van der Waals surface area contributed by atoms with Gasteiger partial charge in [0, 0.05) is 26.2 Å². The first-order chi connectivity index (χ1) is 11.3. The molecular weight excluding hydrogens is 300 g/mol. The molecule has 3 rings (SSSR count). The molecule has 1 fully saturated rings. The Hall–Kier alpha value is -1.16. The fourth-order valence-electron chi connectivity index (χ4n) is 3.60. The third-order valence-electron chi connectivity index (χ3n) is 4.89. The molecule has 1 heterocycles. The topological polar surface area (TPSA) is 29.3 Å².